The predicted octanol–water partition coefficient (Wildman–Crippen LogP) is 2.32. The van der Waals surface area contributed by atoms with Gasteiger partial charge in [0, 0.05) is 12.4 Å². The van der Waals surface area contributed by atoms with E-state index < -0.39 is 0 Å². The average molecular weight is 232 g/mol. The van der Waals surface area contributed by atoms with Crippen molar-refractivity contribution in [1.82, 2.24) is 9.38 Å². The first-order chi connectivity index (χ1) is 8.10. The third kappa shape index (κ3) is 2.46. The molecule has 0 saturated heterocycles. The van der Waals surface area contributed by atoms with E-state index in [9.17, 15) is 4.79 Å². The van der Waals surface area contributed by atoms with Crippen molar-refractivity contribution >= 4 is 11.6 Å². The monoisotopic (exact) mass is 232 g/mol. The van der Waals surface area contributed by atoms with Gasteiger partial charge in [-0.3, -0.25) is 0 Å². The van der Waals surface area contributed by atoms with Gasteiger partial charge in [-0.15, -0.1) is 0 Å². The Hall–Kier alpha value is -1.84. The molecule has 2 aromatic rings. The lowest BCUT2D eigenvalue weighted by Gasteiger charge is -1.98. The fourth-order valence-corrected chi connectivity index (χ4v) is 1.80. The van der Waals surface area contributed by atoms with Crippen LogP contribution in [0.15, 0.2) is 24.5 Å². The maximum Gasteiger partial charge on any atom is 0.338 e. The van der Waals surface area contributed by atoms with Gasteiger partial charge in [-0.05, 0) is 24.5 Å². The van der Waals surface area contributed by atoms with Gasteiger partial charge in [-0.2, -0.15) is 0 Å². The van der Waals surface area contributed by atoms with Gasteiger partial charge in [0.2, 0.25) is 0 Å². The highest BCUT2D eigenvalue weighted by atomic mass is 16.5. The lowest BCUT2D eigenvalue weighted by molar-refractivity contribution is 0.0600. The molecule has 2 aromatic heterocycles. The first-order valence-corrected chi connectivity index (χ1v) is 5.66. The molecule has 17 heavy (non-hydrogen) atoms. The van der Waals surface area contributed by atoms with Gasteiger partial charge in [0.25, 0.3) is 0 Å². The number of carbonyl (C=O) groups is 1. The van der Waals surface area contributed by atoms with Gasteiger partial charge in [0.1, 0.15) is 5.65 Å². The molecular weight excluding hydrogens is 216 g/mol. The van der Waals surface area contributed by atoms with Crippen molar-refractivity contribution in [3.05, 3.63) is 35.8 Å². The normalized spacial score (nSPS) is 11.1. The zero-order valence-corrected chi connectivity index (χ0v) is 10.3. The van der Waals surface area contributed by atoms with Gasteiger partial charge in [-0.1, -0.05) is 13.8 Å². The van der Waals surface area contributed by atoms with Crippen LogP contribution in [0.4, 0.5) is 0 Å². The standard InChI is InChI=1S/C13H16N2O2/c1-9(2)6-11-8-15-5-4-10(13(16)17-3)7-12(15)14-11/h4-5,7-9H,6H2,1-3H3. The number of rotatable bonds is 3. The number of methoxy groups -OCH3 is 1. The average Bonchev–Trinajstić information content (AvgIpc) is 2.67. The molecule has 0 spiro atoms. The fourth-order valence-electron chi connectivity index (χ4n) is 1.80. The molecule has 90 valence electrons. The van der Waals surface area contributed by atoms with Crippen LogP contribution >= 0.6 is 0 Å². The molecule has 0 aliphatic heterocycles. The highest BCUT2D eigenvalue weighted by Crippen LogP contribution is 2.12. The van der Waals surface area contributed by atoms with Crippen LogP contribution in [-0.2, 0) is 11.2 Å². The second-order valence-corrected chi connectivity index (χ2v) is 4.50. The molecule has 2 heterocycles. The SMILES string of the molecule is COC(=O)c1ccn2cc(CC(C)C)nc2c1. The first-order valence-electron chi connectivity index (χ1n) is 5.66. The molecule has 4 heteroatoms. The summed E-state index contributed by atoms with van der Waals surface area (Å²) in [5.41, 5.74) is 2.35. The molecule has 0 saturated carbocycles. The Morgan fingerprint density at radius 3 is 2.94 bits per heavy atom. The van der Waals surface area contributed by atoms with Crippen LogP contribution < -0.4 is 0 Å². The van der Waals surface area contributed by atoms with Crippen molar-refractivity contribution in [2.24, 2.45) is 5.92 Å². The third-order valence-corrected chi connectivity index (χ3v) is 2.55. The lowest BCUT2D eigenvalue weighted by Crippen LogP contribution is -2.01. The number of aromatic nitrogens is 2. The number of pyridine rings is 1. The molecule has 0 aliphatic rings. The van der Waals surface area contributed by atoms with E-state index in [4.69, 9.17) is 0 Å². The van der Waals surface area contributed by atoms with Crippen LogP contribution in [0.1, 0.15) is 29.9 Å². The highest BCUT2D eigenvalue weighted by molar-refractivity contribution is 5.90. The maximum atomic E-state index is 11.4. The van der Waals surface area contributed by atoms with Crippen molar-refractivity contribution < 1.29 is 9.53 Å². The number of carbonyl (C=O) groups excluding carboxylic acids is 1. The third-order valence-electron chi connectivity index (χ3n) is 2.55. The van der Waals surface area contributed by atoms with E-state index >= 15 is 0 Å². The summed E-state index contributed by atoms with van der Waals surface area (Å²) in [7, 11) is 1.38. The minimum absolute atomic E-state index is 0.332. The topological polar surface area (TPSA) is 43.6 Å². The molecule has 2 rings (SSSR count). The summed E-state index contributed by atoms with van der Waals surface area (Å²) in [4.78, 5) is 15.9. The second kappa shape index (κ2) is 4.57. The Morgan fingerprint density at radius 1 is 1.53 bits per heavy atom. The summed E-state index contributed by atoms with van der Waals surface area (Å²) >= 11 is 0. The summed E-state index contributed by atoms with van der Waals surface area (Å²) in [6, 6.07) is 3.48. The number of ether oxygens (including phenoxy) is 1. The van der Waals surface area contributed by atoms with Crippen LogP contribution in [-0.4, -0.2) is 22.5 Å². The summed E-state index contributed by atoms with van der Waals surface area (Å²) in [6.07, 6.45) is 4.77. The van der Waals surface area contributed by atoms with Crippen LogP contribution in [0.2, 0.25) is 0 Å². The fraction of sp³-hybridized carbons (Fsp3) is 0.385. The molecule has 0 unspecified atom stereocenters. The number of esters is 1. The Morgan fingerprint density at radius 2 is 2.29 bits per heavy atom. The van der Waals surface area contributed by atoms with Crippen LogP contribution in [0.25, 0.3) is 5.65 Å². The summed E-state index contributed by atoms with van der Waals surface area (Å²) < 4.78 is 6.60. The Balaban J connectivity index is 2.37. The Kier molecular flexibility index (Phi) is 3.13. The van der Waals surface area contributed by atoms with Crippen LogP contribution in [0.5, 0.6) is 0 Å². The van der Waals surface area contributed by atoms with E-state index in [2.05, 4.69) is 23.6 Å². The summed E-state index contributed by atoms with van der Waals surface area (Å²) in [6.45, 7) is 4.31. The maximum absolute atomic E-state index is 11.4. The quantitative estimate of drug-likeness (QED) is 0.763. The zero-order valence-electron chi connectivity index (χ0n) is 10.3. The Bertz CT molecular complexity index is 543. The predicted molar refractivity (Wildman–Crippen MR) is 65.1 cm³/mol. The molecule has 0 radical (unpaired) electrons. The van der Waals surface area contributed by atoms with Gasteiger partial charge in [-0.25, -0.2) is 9.78 Å². The summed E-state index contributed by atoms with van der Waals surface area (Å²) in [5, 5.41) is 0. The molecular formula is C13H16N2O2. The molecule has 0 atom stereocenters. The smallest absolute Gasteiger partial charge is 0.338 e. The van der Waals surface area contributed by atoms with Crippen LogP contribution in [0, 0.1) is 5.92 Å². The van der Waals surface area contributed by atoms with E-state index in [0.29, 0.717) is 11.5 Å². The molecule has 0 aliphatic carbocycles. The molecule has 0 aromatic carbocycles. The van der Waals surface area contributed by atoms with E-state index in [1.807, 2.05) is 16.8 Å². The number of hydrogen-bond acceptors (Lipinski definition) is 3. The van der Waals surface area contributed by atoms with Crippen molar-refractivity contribution in [1.29, 1.82) is 0 Å². The van der Waals surface area contributed by atoms with Crippen molar-refractivity contribution in [3.8, 4) is 0 Å². The van der Waals surface area contributed by atoms with Crippen LogP contribution in [0.3, 0.4) is 0 Å². The van der Waals surface area contributed by atoms with Crippen molar-refractivity contribution in [2.75, 3.05) is 7.11 Å². The number of imidazole rings is 1. The zero-order chi connectivity index (χ0) is 12.4. The van der Waals surface area contributed by atoms with Gasteiger partial charge < -0.3 is 9.14 Å². The molecule has 0 N–H and O–H groups in total. The number of hydrogen-bond donors (Lipinski definition) is 0. The van der Waals surface area contributed by atoms with E-state index in [1.165, 1.54) is 7.11 Å². The van der Waals surface area contributed by atoms with Crippen molar-refractivity contribution in [3.63, 3.8) is 0 Å². The van der Waals surface area contributed by atoms with Gasteiger partial charge in [0.05, 0.1) is 18.4 Å². The lowest BCUT2D eigenvalue weighted by atomic mass is 10.1. The first kappa shape index (κ1) is 11.6. The van der Waals surface area contributed by atoms with Gasteiger partial charge >= 0.3 is 5.97 Å². The molecule has 0 fully saturated rings. The summed E-state index contributed by atoms with van der Waals surface area (Å²) in [5.74, 6) is 0.237. The van der Waals surface area contributed by atoms with Gasteiger partial charge in [0.15, 0.2) is 0 Å². The largest absolute Gasteiger partial charge is 0.465 e. The molecule has 0 amide bonds. The van der Waals surface area contributed by atoms with E-state index in [-0.39, 0.29) is 5.97 Å². The minimum Gasteiger partial charge on any atom is -0.465 e. The Labute approximate surface area is 100 Å². The second-order valence-electron chi connectivity index (χ2n) is 4.50. The highest BCUT2D eigenvalue weighted by Gasteiger charge is 2.08. The minimum atomic E-state index is -0.332. The number of nitrogens with zero attached hydrogens (tertiary/aromatic N) is 2. The van der Waals surface area contributed by atoms with E-state index in [1.54, 1.807) is 12.1 Å². The molecule has 0 bridgehead atoms. The molecule has 4 nitrogen and oxygen atoms in total. The number of fused-ring (bicyclic) bond motifs is 1. The van der Waals surface area contributed by atoms with Crippen molar-refractivity contribution in [2.45, 2.75) is 20.3 Å². The van der Waals surface area contributed by atoms with E-state index in [0.717, 1.165) is 17.8 Å².